The predicted molar refractivity (Wildman–Crippen MR) is 28.3 cm³/mol. The molecule has 1 heterocycles. The molecule has 0 radical (unpaired) electrons. The summed E-state index contributed by atoms with van der Waals surface area (Å²) in [7, 11) is 0. The lowest BCUT2D eigenvalue weighted by Gasteiger charge is -1.89. The standard InChI is InChI=1S/C4H4ClFN2/c5-4-1-2-7-8(4)3-6/h1-2H,3H2. The van der Waals surface area contributed by atoms with Crippen LogP contribution in [0.5, 0.6) is 0 Å². The second-order valence-corrected chi connectivity index (χ2v) is 1.66. The van der Waals surface area contributed by atoms with Crippen molar-refractivity contribution in [3.8, 4) is 0 Å². The molecule has 0 saturated carbocycles. The van der Waals surface area contributed by atoms with Crippen molar-refractivity contribution in [3.63, 3.8) is 0 Å². The summed E-state index contributed by atoms with van der Waals surface area (Å²) in [5.41, 5.74) is 0. The molecular formula is C4H4ClFN2. The highest BCUT2D eigenvalue weighted by Gasteiger charge is 1.93. The van der Waals surface area contributed by atoms with Gasteiger partial charge >= 0.3 is 0 Å². The van der Waals surface area contributed by atoms with Crippen molar-refractivity contribution in [2.24, 2.45) is 0 Å². The van der Waals surface area contributed by atoms with Gasteiger partial charge in [-0.3, -0.25) is 0 Å². The molecule has 0 aromatic carbocycles. The van der Waals surface area contributed by atoms with E-state index in [1.807, 2.05) is 0 Å². The van der Waals surface area contributed by atoms with Crippen molar-refractivity contribution < 1.29 is 4.39 Å². The van der Waals surface area contributed by atoms with Gasteiger partial charge in [0.25, 0.3) is 0 Å². The van der Waals surface area contributed by atoms with Crippen molar-refractivity contribution in [3.05, 3.63) is 17.4 Å². The Kier molecular flexibility index (Phi) is 1.48. The fourth-order valence-electron chi connectivity index (χ4n) is 0.404. The number of hydrogen-bond acceptors (Lipinski definition) is 1. The third-order valence-electron chi connectivity index (χ3n) is 0.778. The third kappa shape index (κ3) is 0.816. The lowest BCUT2D eigenvalue weighted by atomic mass is 10.7. The van der Waals surface area contributed by atoms with E-state index in [1.165, 1.54) is 12.3 Å². The maximum atomic E-state index is 11.6. The molecule has 0 spiro atoms. The molecule has 0 saturated heterocycles. The number of halogens is 2. The summed E-state index contributed by atoms with van der Waals surface area (Å²) in [6, 6.07) is 1.53. The summed E-state index contributed by atoms with van der Waals surface area (Å²) >= 11 is 5.40. The fourth-order valence-corrected chi connectivity index (χ4v) is 0.550. The molecule has 1 aromatic rings. The zero-order chi connectivity index (χ0) is 5.98. The van der Waals surface area contributed by atoms with Gasteiger partial charge in [0, 0.05) is 0 Å². The Labute approximate surface area is 50.9 Å². The van der Waals surface area contributed by atoms with E-state index in [0.717, 1.165) is 4.68 Å². The highest BCUT2D eigenvalue weighted by atomic mass is 35.5. The van der Waals surface area contributed by atoms with Crippen LogP contribution >= 0.6 is 11.6 Å². The highest BCUT2D eigenvalue weighted by Crippen LogP contribution is 2.04. The van der Waals surface area contributed by atoms with Gasteiger partial charge in [-0.2, -0.15) is 5.10 Å². The summed E-state index contributed by atoms with van der Waals surface area (Å²) in [5.74, 6) is 0. The Morgan fingerprint density at radius 2 is 2.62 bits per heavy atom. The van der Waals surface area contributed by atoms with E-state index < -0.39 is 6.80 Å². The number of nitrogens with zero attached hydrogens (tertiary/aromatic N) is 2. The lowest BCUT2D eigenvalue weighted by molar-refractivity contribution is 0.350. The molecule has 0 amide bonds. The van der Waals surface area contributed by atoms with E-state index in [1.54, 1.807) is 0 Å². The maximum Gasteiger partial charge on any atom is 0.183 e. The van der Waals surface area contributed by atoms with Gasteiger partial charge in [-0.25, -0.2) is 9.07 Å². The van der Waals surface area contributed by atoms with Crippen LogP contribution in [0.1, 0.15) is 0 Å². The second-order valence-electron chi connectivity index (χ2n) is 1.27. The van der Waals surface area contributed by atoms with Crippen LogP contribution in [0.2, 0.25) is 5.15 Å². The smallest absolute Gasteiger partial charge is 0.183 e. The topological polar surface area (TPSA) is 17.8 Å². The van der Waals surface area contributed by atoms with E-state index in [0.29, 0.717) is 5.15 Å². The van der Waals surface area contributed by atoms with Crippen LogP contribution < -0.4 is 0 Å². The maximum absolute atomic E-state index is 11.6. The second kappa shape index (κ2) is 2.13. The van der Waals surface area contributed by atoms with E-state index in [-0.39, 0.29) is 0 Å². The fraction of sp³-hybridized carbons (Fsp3) is 0.250. The minimum absolute atomic E-state index is 0.326. The predicted octanol–water partition coefficient (Wildman–Crippen LogP) is 1.46. The Bertz CT molecular complexity index is 174. The van der Waals surface area contributed by atoms with Crippen molar-refractivity contribution in [1.29, 1.82) is 0 Å². The van der Waals surface area contributed by atoms with Crippen molar-refractivity contribution >= 4 is 11.6 Å². The van der Waals surface area contributed by atoms with E-state index in [4.69, 9.17) is 11.6 Å². The van der Waals surface area contributed by atoms with Crippen LogP contribution in [-0.4, -0.2) is 9.78 Å². The number of alkyl halides is 1. The molecule has 0 bridgehead atoms. The quantitative estimate of drug-likeness (QED) is 0.569. The van der Waals surface area contributed by atoms with Crippen LogP contribution in [0.3, 0.4) is 0 Å². The van der Waals surface area contributed by atoms with E-state index in [9.17, 15) is 4.39 Å². The zero-order valence-electron chi connectivity index (χ0n) is 4.01. The monoisotopic (exact) mass is 134 g/mol. The third-order valence-corrected chi connectivity index (χ3v) is 1.10. The molecule has 0 aliphatic carbocycles. The number of rotatable bonds is 1. The van der Waals surface area contributed by atoms with Crippen LogP contribution in [0.4, 0.5) is 4.39 Å². The molecule has 0 aliphatic heterocycles. The average molecular weight is 135 g/mol. The van der Waals surface area contributed by atoms with E-state index in [2.05, 4.69) is 5.10 Å². The van der Waals surface area contributed by atoms with Gasteiger partial charge < -0.3 is 0 Å². The first-order chi connectivity index (χ1) is 3.84. The molecule has 0 atom stereocenters. The summed E-state index contributed by atoms with van der Waals surface area (Å²) in [5, 5.41) is 3.87. The molecule has 4 heteroatoms. The number of aromatic nitrogens is 2. The Balaban J connectivity index is 2.92. The lowest BCUT2D eigenvalue weighted by Crippen LogP contribution is -1.93. The molecule has 0 unspecified atom stereocenters. The van der Waals surface area contributed by atoms with Gasteiger partial charge in [-0.1, -0.05) is 11.6 Å². The molecule has 8 heavy (non-hydrogen) atoms. The molecule has 0 aliphatic rings. The average Bonchev–Trinajstić information content (AvgIpc) is 2.14. The van der Waals surface area contributed by atoms with Crippen LogP contribution in [-0.2, 0) is 6.80 Å². The highest BCUT2D eigenvalue weighted by molar-refractivity contribution is 6.29. The molecule has 2 nitrogen and oxygen atoms in total. The zero-order valence-corrected chi connectivity index (χ0v) is 4.77. The van der Waals surface area contributed by atoms with Gasteiger partial charge in [0.05, 0.1) is 6.20 Å². The first kappa shape index (κ1) is 5.56. The van der Waals surface area contributed by atoms with Gasteiger partial charge in [0.2, 0.25) is 0 Å². The minimum atomic E-state index is -0.661. The first-order valence-corrected chi connectivity index (χ1v) is 2.45. The molecule has 1 aromatic heterocycles. The van der Waals surface area contributed by atoms with Gasteiger partial charge in [-0.15, -0.1) is 0 Å². The minimum Gasteiger partial charge on any atom is -0.225 e. The van der Waals surface area contributed by atoms with Crippen molar-refractivity contribution in [1.82, 2.24) is 9.78 Å². The molecule has 1 rings (SSSR count). The summed E-state index contributed by atoms with van der Waals surface area (Å²) < 4.78 is 12.7. The molecule has 0 fully saturated rings. The van der Waals surface area contributed by atoms with Gasteiger partial charge in [0.1, 0.15) is 5.15 Å². The Hall–Kier alpha value is -0.570. The summed E-state index contributed by atoms with van der Waals surface area (Å²) in [6.45, 7) is -0.661. The van der Waals surface area contributed by atoms with Gasteiger partial charge in [0.15, 0.2) is 6.80 Å². The van der Waals surface area contributed by atoms with Crippen molar-refractivity contribution in [2.75, 3.05) is 0 Å². The molecule has 44 valence electrons. The normalized spacial score (nSPS) is 9.75. The first-order valence-electron chi connectivity index (χ1n) is 2.08. The van der Waals surface area contributed by atoms with Crippen LogP contribution in [0.15, 0.2) is 12.3 Å². The molecule has 0 N–H and O–H groups in total. The van der Waals surface area contributed by atoms with E-state index >= 15 is 0 Å². The largest absolute Gasteiger partial charge is 0.225 e. The van der Waals surface area contributed by atoms with Crippen LogP contribution in [0.25, 0.3) is 0 Å². The Morgan fingerprint density at radius 1 is 1.88 bits per heavy atom. The number of hydrogen-bond donors (Lipinski definition) is 0. The van der Waals surface area contributed by atoms with Gasteiger partial charge in [-0.05, 0) is 6.07 Å². The van der Waals surface area contributed by atoms with Crippen molar-refractivity contribution in [2.45, 2.75) is 6.80 Å². The molecular weight excluding hydrogens is 131 g/mol. The SMILES string of the molecule is FCn1nccc1Cl. The van der Waals surface area contributed by atoms with Crippen LogP contribution in [0, 0.1) is 0 Å². The Morgan fingerprint density at radius 3 is 2.88 bits per heavy atom. The summed E-state index contributed by atoms with van der Waals surface area (Å²) in [6.07, 6.45) is 1.45. The summed E-state index contributed by atoms with van der Waals surface area (Å²) in [4.78, 5) is 0.